The number of unbranched alkanes of at least 4 members (excludes halogenated alkanes) is 9. The Labute approximate surface area is 133 Å². The first kappa shape index (κ1) is 20.5. The summed E-state index contributed by atoms with van der Waals surface area (Å²) in [5.41, 5.74) is 11.1. The summed E-state index contributed by atoms with van der Waals surface area (Å²) >= 11 is 0. The normalized spacial score (nSPS) is 11.4. The Hall–Kier alpha value is -0.540. The third-order valence-electron chi connectivity index (χ3n) is 3.90. The molecule has 0 aromatic carbocycles. The largest absolute Gasteiger partial charge is 0.378 e. The van der Waals surface area contributed by atoms with E-state index in [1.807, 2.05) is 6.08 Å². The molecule has 0 aliphatic heterocycles. The second kappa shape index (κ2) is 17.5. The molecule has 0 saturated heterocycles. The molecule has 0 aromatic rings. The standard InChI is InChI=1S/C18H39N3/c1-2-3-4-5-6-7-8-9-10-11-16-21(17-12-14-19)18-13-15-20/h12,17H,2-11,13-16,18-20H2,1H3. The molecular formula is C18H39N3. The molecule has 21 heavy (non-hydrogen) atoms. The maximum absolute atomic E-state index is 5.58. The van der Waals surface area contributed by atoms with E-state index in [2.05, 4.69) is 18.0 Å². The second-order valence-corrected chi connectivity index (χ2v) is 5.98. The van der Waals surface area contributed by atoms with Gasteiger partial charge in [0.05, 0.1) is 0 Å². The van der Waals surface area contributed by atoms with E-state index in [1.165, 1.54) is 64.2 Å². The molecular weight excluding hydrogens is 258 g/mol. The van der Waals surface area contributed by atoms with Gasteiger partial charge in [-0.05, 0) is 25.6 Å². The van der Waals surface area contributed by atoms with Crippen molar-refractivity contribution in [3.63, 3.8) is 0 Å². The summed E-state index contributed by atoms with van der Waals surface area (Å²) in [5, 5.41) is 0. The second-order valence-electron chi connectivity index (χ2n) is 5.98. The summed E-state index contributed by atoms with van der Waals surface area (Å²) in [4.78, 5) is 2.37. The van der Waals surface area contributed by atoms with Crippen molar-refractivity contribution in [2.45, 2.75) is 77.6 Å². The third-order valence-corrected chi connectivity index (χ3v) is 3.90. The van der Waals surface area contributed by atoms with E-state index in [-0.39, 0.29) is 0 Å². The van der Waals surface area contributed by atoms with Crippen LogP contribution in [0.3, 0.4) is 0 Å². The van der Waals surface area contributed by atoms with Crippen LogP contribution in [0.25, 0.3) is 0 Å². The van der Waals surface area contributed by atoms with Gasteiger partial charge in [-0.2, -0.15) is 0 Å². The number of rotatable bonds is 16. The molecule has 0 unspecified atom stereocenters. The molecule has 0 spiro atoms. The van der Waals surface area contributed by atoms with Crippen molar-refractivity contribution in [3.8, 4) is 0 Å². The van der Waals surface area contributed by atoms with Crippen LogP contribution < -0.4 is 11.5 Å². The zero-order valence-electron chi connectivity index (χ0n) is 14.4. The lowest BCUT2D eigenvalue weighted by molar-refractivity contribution is 0.357. The molecule has 0 atom stereocenters. The smallest absolute Gasteiger partial charge is 0.0184 e. The maximum Gasteiger partial charge on any atom is 0.0184 e. The quantitative estimate of drug-likeness (QED) is 0.423. The monoisotopic (exact) mass is 297 g/mol. The maximum atomic E-state index is 5.58. The SMILES string of the molecule is CCCCCCCCCCCCN(C=CCN)CCCN. The molecule has 0 bridgehead atoms. The predicted molar refractivity (Wildman–Crippen MR) is 95.3 cm³/mol. The minimum atomic E-state index is 0.622. The molecule has 0 heterocycles. The van der Waals surface area contributed by atoms with Gasteiger partial charge in [0.2, 0.25) is 0 Å². The van der Waals surface area contributed by atoms with Gasteiger partial charge in [-0.3, -0.25) is 0 Å². The summed E-state index contributed by atoms with van der Waals surface area (Å²) in [7, 11) is 0. The van der Waals surface area contributed by atoms with E-state index in [1.54, 1.807) is 0 Å². The molecule has 0 fully saturated rings. The Kier molecular flexibility index (Phi) is 17.1. The average Bonchev–Trinajstić information content (AvgIpc) is 2.51. The zero-order chi connectivity index (χ0) is 15.6. The predicted octanol–water partition coefficient (Wildman–Crippen LogP) is 4.03. The van der Waals surface area contributed by atoms with Crippen LogP contribution in [0.5, 0.6) is 0 Å². The summed E-state index contributed by atoms with van der Waals surface area (Å²) in [6.07, 6.45) is 19.2. The highest BCUT2D eigenvalue weighted by Crippen LogP contribution is 2.10. The van der Waals surface area contributed by atoms with Crippen LogP contribution in [0.2, 0.25) is 0 Å². The lowest BCUT2D eigenvalue weighted by Gasteiger charge is -2.20. The van der Waals surface area contributed by atoms with Crippen molar-refractivity contribution in [1.82, 2.24) is 4.90 Å². The van der Waals surface area contributed by atoms with Crippen molar-refractivity contribution >= 4 is 0 Å². The molecule has 3 nitrogen and oxygen atoms in total. The summed E-state index contributed by atoms with van der Waals surface area (Å²) in [6, 6.07) is 0. The van der Waals surface area contributed by atoms with Gasteiger partial charge in [-0.25, -0.2) is 0 Å². The van der Waals surface area contributed by atoms with Crippen LogP contribution >= 0.6 is 0 Å². The lowest BCUT2D eigenvalue weighted by Crippen LogP contribution is -2.22. The Balaban J connectivity index is 3.42. The molecule has 0 aromatic heterocycles. The molecule has 0 aliphatic rings. The van der Waals surface area contributed by atoms with E-state index in [9.17, 15) is 0 Å². The molecule has 0 rings (SSSR count). The van der Waals surface area contributed by atoms with Crippen LogP contribution in [0.15, 0.2) is 12.3 Å². The van der Waals surface area contributed by atoms with Crippen molar-refractivity contribution in [2.75, 3.05) is 26.2 Å². The van der Waals surface area contributed by atoms with Crippen molar-refractivity contribution in [1.29, 1.82) is 0 Å². The fourth-order valence-electron chi connectivity index (χ4n) is 2.57. The van der Waals surface area contributed by atoms with Gasteiger partial charge in [-0.15, -0.1) is 0 Å². The molecule has 4 N–H and O–H groups in total. The third kappa shape index (κ3) is 15.7. The van der Waals surface area contributed by atoms with Gasteiger partial charge in [0.15, 0.2) is 0 Å². The van der Waals surface area contributed by atoms with Crippen LogP contribution in [0.1, 0.15) is 77.6 Å². The van der Waals surface area contributed by atoms with Gasteiger partial charge in [0.25, 0.3) is 0 Å². The van der Waals surface area contributed by atoms with Gasteiger partial charge in [0, 0.05) is 19.6 Å². The molecule has 0 radical (unpaired) electrons. The Morgan fingerprint density at radius 1 is 0.714 bits per heavy atom. The average molecular weight is 298 g/mol. The minimum absolute atomic E-state index is 0.622. The highest BCUT2D eigenvalue weighted by atomic mass is 15.1. The van der Waals surface area contributed by atoms with Crippen LogP contribution in [0.4, 0.5) is 0 Å². The van der Waals surface area contributed by atoms with E-state index >= 15 is 0 Å². The summed E-state index contributed by atoms with van der Waals surface area (Å²) < 4.78 is 0. The fraction of sp³-hybridized carbons (Fsp3) is 0.889. The first-order valence-electron chi connectivity index (χ1n) is 9.16. The highest BCUT2D eigenvalue weighted by Gasteiger charge is 1.99. The number of nitrogens with zero attached hydrogens (tertiary/aromatic N) is 1. The van der Waals surface area contributed by atoms with Gasteiger partial charge < -0.3 is 16.4 Å². The number of hydrogen-bond donors (Lipinski definition) is 2. The molecule has 126 valence electrons. The molecule has 0 amide bonds. The molecule has 0 saturated carbocycles. The van der Waals surface area contributed by atoms with Crippen molar-refractivity contribution < 1.29 is 0 Å². The first-order chi connectivity index (χ1) is 10.3. The first-order valence-corrected chi connectivity index (χ1v) is 9.16. The Bertz CT molecular complexity index is 217. The fourth-order valence-corrected chi connectivity index (χ4v) is 2.57. The Morgan fingerprint density at radius 2 is 1.24 bits per heavy atom. The zero-order valence-corrected chi connectivity index (χ0v) is 14.4. The van der Waals surface area contributed by atoms with Gasteiger partial charge in [0.1, 0.15) is 0 Å². The van der Waals surface area contributed by atoms with E-state index in [0.717, 1.165) is 26.1 Å². The lowest BCUT2D eigenvalue weighted by atomic mass is 10.1. The van der Waals surface area contributed by atoms with E-state index in [0.29, 0.717) is 6.54 Å². The topological polar surface area (TPSA) is 55.3 Å². The van der Waals surface area contributed by atoms with Crippen LogP contribution in [0, 0.1) is 0 Å². The summed E-state index contributed by atoms with van der Waals surface area (Å²) in [5.74, 6) is 0. The Morgan fingerprint density at radius 3 is 1.76 bits per heavy atom. The summed E-state index contributed by atoms with van der Waals surface area (Å²) in [6.45, 7) is 5.87. The number of hydrogen-bond acceptors (Lipinski definition) is 3. The highest BCUT2D eigenvalue weighted by molar-refractivity contribution is 4.83. The van der Waals surface area contributed by atoms with Gasteiger partial charge in [-0.1, -0.05) is 70.8 Å². The minimum Gasteiger partial charge on any atom is -0.378 e. The van der Waals surface area contributed by atoms with E-state index < -0.39 is 0 Å². The number of nitrogens with two attached hydrogens (primary N) is 2. The molecule has 0 aliphatic carbocycles. The van der Waals surface area contributed by atoms with Crippen LogP contribution in [-0.4, -0.2) is 31.1 Å². The van der Waals surface area contributed by atoms with E-state index in [4.69, 9.17) is 11.5 Å². The van der Waals surface area contributed by atoms with Crippen molar-refractivity contribution in [2.24, 2.45) is 11.5 Å². The van der Waals surface area contributed by atoms with Gasteiger partial charge >= 0.3 is 0 Å². The van der Waals surface area contributed by atoms with Crippen molar-refractivity contribution in [3.05, 3.63) is 12.3 Å². The van der Waals surface area contributed by atoms with Crippen LogP contribution in [-0.2, 0) is 0 Å². The molecule has 3 heteroatoms.